The molecule has 2 saturated heterocycles. The van der Waals surface area contributed by atoms with E-state index in [1.165, 1.54) is 13.8 Å². The van der Waals surface area contributed by atoms with Crippen LogP contribution in [0.4, 0.5) is 4.79 Å². The van der Waals surface area contributed by atoms with E-state index in [9.17, 15) is 14.4 Å². The summed E-state index contributed by atoms with van der Waals surface area (Å²) in [6, 6.07) is 1.83. The lowest BCUT2D eigenvalue weighted by Gasteiger charge is -2.25. The molecule has 1 aromatic heterocycles. The van der Waals surface area contributed by atoms with Crippen LogP contribution < -0.4 is 0 Å². The first-order valence-corrected chi connectivity index (χ1v) is 8.28. The highest BCUT2D eigenvalue weighted by Gasteiger charge is 2.48. The first-order chi connectivity index (χ1) is 11.9. The van der Waals surface area contributed by atoms with Gasteiger partial charge in [0.2, 0.25) is 5.91 Å². The van der Waals surface area contributed by atoms with E-state index in [1.54, 1.807) is 15.8 Å². The van der Waals surface area contributed by atoms with Gasteiger partial charge >= 0.3 is 6.09 Å². The van der Waals surface area contributed by atoms with Crippen molar-refractivity contribution in [3.05, 3.63) is 18.5 Å². The Labute approximate surface area is 145 Å². The van der Waals surface area contributed by atoms with Crippen LogP contribution >= 0.6 is 0 Å². The zero-order valence-corrected chi connectivity index (χ0v) is 14.4. The van der Waals surface area contributed by atoms with Crippen molar-refractivity contribution in [1.82, 2.24) is 19.6 Å². The maximum atomic E-state index is 12.6. The molecule has 0 aromatic carbocycles. The quantitative estimate of drug-likeness (QED) is 0.773. The van der Waals surface area contributed by atoms with Gasteiger partial charge in [-0.1, -0.05) is 0 Å². The van der Waals surface area contributed by atoms with Crippen LogP contribution in [0, 0.1) is 0 Å². The highest BCUT2D eigenvalue weighted by molar-refractivity contribution is 6.04. The Kier molecular flexibility index (Phi) is 4.76. The monoisotopic (exact) mass is 350 g/mol. The summed E-state index contributed by atoms with van der Waals surface area (Å²) in [5.41, 5.74) is -1.22. The molecule has 3 heterocycles. The Morgan fingerprint density at radius 1 is 1.40 bits per heavy atom. The molecule has 0 radical (unpaired) electrons. The Morgan fingerprint density at radius 2 is 2.20 bits per heavy atom. The van der Waals surface area contributed by atoms with Gasteiger partial charge in [0.25, 0.3) is 5.91 Å². The number of ether oxygens (including phenoxy) is 2. The third-order valence-corrected chi connectivity index (χ3v) is 4.27. The molecule has 0 saturated carbocycles. The van der Waals surface area contributed by atoms with E-state index in [4.69, 9.17) is 9.47 Å². The lowest BCUT2D eigenvalue weighted by molar-refractivity contribution is -0.140. The summed E-state index contributed by atoms with van der Waals surface area (Å²) in [5, 5.41) is 4.15. The third kappa shape index (κ3) is 3.81. The number of nitrogens with zero attached hydrogens (tertiary/aromatic N) is 4. The summed E-state index contributed by atoms with van der Waals surface area (Å²) >= 11 is 0. The minimum Gasteiger partial charge on any atom is -0.433 e. The maximum absolute atomic E-state index is 12.6. The lowest BCUT2D eigenvalue weighted by Crippen LogP contribution is -2.46. The van der Waals surface area contributed by atoms with Gasteiger partial charge in [-0.15, -0.1) is 0 Å². The second-order valence-electron chi connectivity index (χ2n) is 6.68. The summed E-state index contributed by atoms with van der Waals surface area (Å²) in [6.45, 7) is 4.71. The summed E-state index contributed by atoms with van der Waals surface area (Å²) < 4.78 is 12.5. The fraction of sp³-hybridized carbons (Fsp3) is 0.625. The largest absolute Gasteiger partial charge is 0.433 e. The Hall–Kier alpha value is -2.42. The molecule has 0 aliphatic carbocycles. The normalized spacial score (nSPS) is 23.5. The SMILES string of the molecule is CC1(C)OC(=O)N(CC(=O)N2CCCO[C@@H](Cn3cccn3)C2)C1=O. The zero-order valence-electron chi connectivity index (χ0n) is 14.4. The van der Waals surface area contributed by atoms with Crippen molar-refractivity contribution in [3.63, 3.8) is 0 Å². The molecule has 1 atom stereocenters. The number of imide groups is 1. The molecule has 9 nitrogen and oxygen atoms in total. The van der Waals surface area contributed by atoms with E-state index in [0.29, 0.717) is 32.7 Å². The van der Waals surface area contributed by atoms with Gasteiger partial charge in [0.1, 0.15) is 6.54 Å². The highest BCUT2D eigenvalue weighted by Crippen LogP contribution is 2.23. The molecule has 2 aliphatic rings. The van der Waals surface area contributed by atoms with Crippen molar-refractivity contribution >= 4 is 17.9 Å². The van der Waals surface area contributed by atoms with Gasteiger partial charge in [0.15, 0.2) is 5.60 Å². The molecule has 1 aromatic rings. The van der Waals surface area contributed by atoms with Gasteiger partial charge in [-0.05, 0) is 26.3 Å². The molecule has 0 unspecified atom stereocenters. The average molecular weight is 350 g/mol. The first kappa shape index (κ1) is 17.4. The second kappa shape index (κ2) is 6.83. The smallest absolute Gasteiger partial charge is 0.418 e. The number of cyclic esters (lactones) is 1. The van der Waals surface area contributed by atoms with Gasteiger partial charge in [-0.3, -0.25) is 14.3 Å². The summed E-state index contributed by atoms with van der Waals surface area (Å²) in [5.74, 6) is -0.788. The van der Waals surface area contributed by atoms with Gasteiger partial charge in [0, 0.05) is 32.1 Å². The van der Waals surface area contributed by atoms with E-state index in [-0.39, 0.29) is 18.6 Å². The highest BCUT2D eigenvalue weighted by atomic mass is 16.6. The topological polar surface area (TPSA) is 94.0 Å². The van der Waals surface area contributed by atoms with Crippen molar-refractivity contribution in [2.75, 3.05) is 26.2 Å². The fourth-order valence-corrected chi connectivity index (χ4v) is 2.95. The number of carbonyl (C=O) groups excluding carboxylic acids is 3. The van der Waals surface area contributed by atoms with E-state index < -0.39 is 17.6 Å². The van der Waals surface area contributed by atoms with E-state index in [2.05, 4.69) is 5.10 Å². The standard InChI is InChI=1S/C16H22N4O5/c1-16(2)14(22)20(15(23)25-16)11-13(21)18-6-4-8-24-12(9-18)10-19-7-3-5-17-19/h3,5,7,12H,4,6,8-11H2,1-2H3/t12-/m1/s1. The van der Waals surface area contributed by atoms with Gasteiger partial charge in [-0.25, -0.2) is 9.69 Å². The van der Waals surface area contributed by atoms with Crippen LogP contribution in [0.1, 0.15) is 20.3 Å². The lowest BCUT2D eigenvalue weighted by atomic mass is 10.1. The van der Waals surface area contributed by atoms with Crippen molar-refractivity contribution in [2.45, 2.75) is 38.5 Å². The van der Waals surface area contributed by atoms with Crippen LogP contribution in [0.5, 0.6) is 0 Å². The van der Waals surface area contributed by atoms with Crippen LogP contribution in [-0.4, -0.2) is 75.4 Å². The van der Waals surface area contributed by atoms with Crippen LogP contribution in [0.3, 0.4) is 0 Å². The predicted octanol–water partition coefficient (Wildman–Crippen LogP) is 0.258. The number of carbonyl (C=O) groups is 3. The number of amides is 3. The van der Waals surface area contributed by atoms with Gasteiger partial charge in [0.05, 0.1) is 12.6 Å². The fourth-order valence-electron chi connectivity index (χ4n) is 2.95. The molecule has 3 rings (SSSR count). The summed E-state index contributed by atoms with van der Waals surface area (Å²) in [7, 11) is 0. The first-order valence-electron chi connectivity index (χ1n) is 8.28. The summed E-state index contributed by atoms with van der Waals surface area (Å²) in [4.78, 5) is 39.1. The van der Waals surface area contributed by atoms with Gasteiger partial charge in [-0.2, -0.15) is 5.10 Å². The van der Waals surface area contributed by atoms with Crippen molar-refractivity contribution in [1.29, 1.82) is 0 Å². The Morgan fingerprint density at radius 3 is 2.84 bits per heavy atom. The molecule has 136 valence electrons. The van der Waals surface area contributed by atoms with E-state index in [0.717, 1.165) is 4.90 Å². The van der Waals surface area contributed by atoms with Crippen LogP contribution in [0.2, 0.25) is 0 Å². The molecule has 25 heavy (non-hydrogen) atoms. The van der Waals surface area contributed by atoms with Crippen LogP contribution in [-0.2, 0) is 25.6 Å². The third-order valence-electron chi connectivity index (χ3n) is 4.27. The number of hydrogen-bond acceptors (Lipinski definition) is 6. The average Bonchev–Trinajstić information content (AvgIpc) is 3.02. The minimum atomic E-state index is -1.22. The summed E-state index contributed by atoms with van der Waals surface area (Å²) in [6.07, 6.45) is 3.25. The number of aromatic nitrogens is 2. The van der Waals surface area contributed by atoms with E-state index in [1.807, 2.05) is 12.3 Å². The van der Waals surface area contributed by atoms with E-state index >= 15 is 0 Å². The zero-order chi connectivity index (χ0) is 18.0. The molecule has 2 fully saturated rings. The number of rotatable bonds is 4. The molecular formula is C16H22N4O5. The van der Waals surface area contributed by atoms with Crippen molar-refractivity contribution in [3.8, 4) is 0 Å². The molecule has 0 bridgehead atoms. The minimum absolute atomic E-state index is 0.191. The Balaban J connectivity index is 1.62. The maximum Gasteiger partial charge on any atom is 0.418 e. The number of hydrogen-bond donors (Lipinski definition) is 0. The predicted molar refractivity (Wildman–Crippen MR) is 85.4 cm³/mol. The Bertz CT molecular complexity index is 657. The molecule has 3 amide bonds. The molecule has 0 spiro atoms. The molecule has 2 aliphatic heterocycles. The van der Waals surface area contributed by atoms with Crippen LogP contribution in [0.25, 0.3) is 0 Å². The van der Waals surface area contributed by atoms with Crippen LogP contribution in [0.15, 0.2) is 18.5 Å². The second-order valence-corrected chi connectivity index (χ2v) is 6.68. The molecule has 9 heteroatoms. The van der Waals surface area contributed by atoms with Crippen molar-refractivity contribution in [2.24, 2.45) is 0 Å². The molecule has 0 N–H and O–H groups in total. The van der Waals surface area contributed by atoms with Crippen molar-refractivity contribution < 1.29 is 23.9 Å². The molecular weight excluding hydrogens is 328 g/mol. The van der Waals surface area contributed by atoms with Gasteiger partial charge < -0.3 is 14.4 Å².